The molecule has 0 aliphatic heterocycles. The van der Waals surface area contributed by atoms with Gasteiger partial charge in [-0.05, 0) is 11.1 Å². The van der Waals surface area contributed by atoms with E-state index in [0.717, 1.165) is 11.1 Å². The molecular weight excluding hydrogens is 200 g/mol. The quantitative estimate of drug-likeness (QED) is 0.703. The fourth-order valence-corrected chi connectivity index (χ4v) is 0.768. The van der Waals surface area contributed by atoms with Gasteiger partial charge >= 0.3 is 25.7 Å². The van der Waals surface area contributed by atoms with E-state index in [2.05, 4.69) is 13.2 Å². The first-order valence-electron chi connectivity index (χ1n) is 3.62. The second-order valence-electron chi connectivity index (χ2n) is 2.16. The summed E-state index contributed by atoms with van der Waals surface area (Å²) >= 11 is -2.00. The van der Waals surface area contributed by atoms with E-state index in [1.165, 1.54) is 0 Å². The van der Waals surface area contributed by atoms with E-state index in [4.69, 9.17) is 6.65 Å². The van der Waals surface area contributed by atoms with Crippen LogP contribution in [0.25, 0.3) is 12.2 Å². The molecule has 1 rings (SSSR count). The summed E-state index contributed by atoms with van der Waals surface area (Å²) in [6.07, 6.45) is 3.65. The van der Waals surface area contributed by atoms with Crippen molar-refractivity contribution < 1.29 is 25.7 Å². The molecule has 0 unspecified atom stereocenters. The average Bonchev–Trinajstić information content (AvgIpc) is 2.19. The number of rotatable bonds is 2. The van der Waals surface area contributed by atoms with Crippen molar-refractivity contribution in [2.45, 2.75) is 0 Å². The van der Waals surface area contributed by atoms with Gasteiger partial charge < -0.3 is 0 Å². The Hall–Kier alpha value is -0.986. The first-order valence-corrected chi connectivity index (χ1v) is 4.90. The molecule has 66 valence electrons. The molecule has 0 saturated carbocycles. The van der Waals surface area contributed by atoms with Crippen molar-refractivity contribution in [2.75, 3.05) is 0 Å². The Balaban J connectivity index is 0.000000424. The third kappa shape index (κ3) is 5.28. The van der Waals surface area contributed by atoms with Gasteiger partial charge in [-0.25, -0.2) is 0 Å². The van der Waals surface area contributed by atoms with E-state index >= 15 is 0 Å². The van der Waals surface area contributed by atoms with Crippen LogP contribution in [0.4, 0.5) is 0 Å². The molecule has 0 spiro atoms. The maximum atomic E-state index is 8.50. The molecule has 3 heteroatoms. The van der Waals surface area contributed by atoms with Crippen molar-refractivity contribution in [2.24, 2.45) is 0 Å². The summed E-state index contributed by atoms with van der Waals surface area (Å²) in [5.74, 6) is 0. The molecule has 1 aromatic carbocycles. The summed E-state index contributed by atoms with van der Waals surface area (Å²) in [6, 6.07) is 8.07. The van der Waals surface area contributed by atoms with E-state index < -0.39 is 19.1 Å². The summed E-state index contributed by atoms with van der Waals surface area (Å²) < 4.78 is 17.0. The fourth-order valence-electron chi connectivity index (χ4n) is 0.768. The average molecular weight is 210 g/mol. The standard InChI is InChI=1S/C10H10.2O.Ti/c1-3-9-5-7-10(4-2)8-6-9;;;/h3-8H,1-2H2;;;. The van der Waals surface area contributed by atoms with E-state index in [-0.39, 0.29) is 0 Å². The van der Waals surface area contributed by atoms with Crippen LogP contribution in [0, 0.1) is 0 Å². The topological polar surface area (TPSA) is 34.1 Å². The number of hydrogen-bond donors (Lipinski definition) is 0. The van der Waals surface area contributed by atoms with Gasteiger partial charge in [0.15, 0.2) is 0 Å². The van der Waals surface area contributed by atoms with Crippen LogP contribution in [0.2, 0.25) is 0 Å². The molecule has 0 bridgehead atoms. The number of hydrogen-bond acceptors (Lipinski definition) is 2. The van der Waals surface area contributed by atoms with Crippen LogP contribution < -0.4 is 0 Å². The molecule has 0 saturated heterocycles. The van der Waals surface area contributed by atoms with Gasteiger partial charge in [0.05, 0.1) is 0 Å². The van der Waals surface area contributed by atoms with Crippen molar-refractivity contribution in [3.63, 3.8) is 0 Å². The third-order valence-corrected chi connectivity index (χ3v) is 1.41. The molecule has 0 fully saturated rings. The zero-order valence-corrected chi connectivity index (χ0v) is 8.76. The van der Waals surface area contributed by atoms with Crippen molar-refractivity contribution in [3.8, 4) is 0 Å². The van der Waals surface area contributed by atoms with Crippen molar-refractivity contribution in [1.82, 2.24) is 0 Å². The normalized spacial score (nSPS) is 7.38. The number of benzene rings is 1. The van der Waals surface area contributed by atoms with E-state index in [0.29, 0.717) is 0 Å². The first-order chi connectivity index (χ1) is 6.28. The van der Waals surface area contributed by atoms with Gasteiger partial charge in [-0.3, -0.25) is 0 Å². The molecule has 0 aromatic heterocycles. The van der Waals surface area contributed by atoms with Gasteiger partial charge in [0.25, 0.3) is 0 Å². The summed E-state index contributed by atoms with van der Waals surface area (Å²) in [5.41, 5.74) is 2.29. The van der Waals surface area contributed by atoms with Gasteiger partial charge in [-0.15, -0.1) is 0 Å². The SMILES string of the molecule is C=Cc1ccc(C=C)cc1.[O]=[Ti]=[O]. The molecule has 13 heavy (non-hydrogen) atoms. The van der Waals surface area contributed by atoms with Gasteiger partial charge in [0.1, 0.15) is 0 Å². The summed E-state index contributed by atoms with van der Waals surface area (Å²) in [4.78, 5) is 0. The van der Waals surface area contributed by atoms with Crippen LogP contribution in [0.1, 0.15) is 11.1 Å². The van der Waals surface area contributed by atoms with Crippen LogP contribution in [0.15, 0.2) is 37.4 Å². The van der Waals surface area contributed by atoms with Crippen LogP contribution >= 0.6 is 0 Å². The van der Waals surface area contributed by atoms with Gasteiger partial charge in [-0.2, -0.15) is 0 Å². The van der Waals surface area contributed by atoms with Crippen LogP contribution in [-0.2, 0) is 25.7 Å². The van der Waals surface area contributed by atoms with Crippen LogP contribution in [0.5, 0.6) is 0 Å². The van der Waals surface area contributed by atoms with E-state index in [1.807, 2.05) is 36.4 Å². The predicted molar refractivity (Wildman–Crippen MR) is 48.0 cm³/mol. The molecule has 0 N–H and O–H groups in total. The van der Waals surface area contributed by atoms with Crippen molar-refractivity contribution >= 4 is 12.2 Å². The van der Waals surface area contributed by atoms with Crippen molar-refractivity contribution in [3.05, 3.63) is 48.6 Å². The Morgan fingerprint density at radius 2 is 1.15 bits per heavy atom. The van der Waals surface area contributed by atoms with E-state index in [9.17, 15) is 0 Å². The van der Waals surface area contributed by atoms with E-state index in [1.54, 1.807) is 0 Å². The van der Waals surface area contributed by atoms with Crippen molar-refractivity contribution in [1.29, 1.82) is 0 Å². The fraction of sp³-hybridized carbons (Fsp3) is 0. The zero-order chi connectivity index (χ0) is 10.1. The summed E-state index contributed by atoms with van der Waals surface area (Å²) in [6.45, 7) is 7.32. The molecule has 1 aromatic rings. The Morgan fingerprint density at radius 3 is 1.31 bits per heavy atom. The molecule has 0 aliphatic rings. The first kappa shape index (κ1) is 12.0. The second-order valence-corrected chi connectivity index (χ2v) is 2.42. The monoisotopic (exact) mass is 210 g/mol. The second kappa shape index (κ2) is 7.65. The summed E-state index contributed by atoms with van der Waals surface area (Å²) in [5, 5.41) is 0. The van der Waals surface area contributed by atoms with Gasteiger partial charge in [0.2, 0.25) is 0 Å². The molecule has 0 heterocycles. The maximum absolute atomic E-state index is 8.50. The predicted octanol–water partition coefficient (Wildman–Crippen LogP) is 2.73. The van der Waals surface area contributed by atoms with Gasteiger partial charge in [-0.1, -0.05) is 49.6 Å². The summed E-state index contributed by atoms with van der Waals surface area (Å²) in [7, 11) is 0. The molecule has 0 amide bonds. The Labute approximate surface area is 86.5 Å². The van der Waals surface area contributed by atoms with Crippen LogP contribution in [-0.4, -0.2) is 0 Å². The van der Waals surface area contributed by atoms with Gasteiger partial charge in [0, 0.05) is 0 Å². The zero-order valence-electron chi connectivity index (χ0n) is 7.19. The Bertz CT molecular complexity index is 281. The third-order valence-electron chi connectivity index (χ3n) is 1.41. The molecule has 0 atom stereocenters. The molecule has 0 aliphatic carbocycles. The minimum absolute atomic E-state index is 1.14. The molecule has 2 nitrogen and oxygen atoms in total. The van der Waals surface area contributed by atoms with Crippen LogP contribution in [0.3, 0.4) is 0 Å². The molecular formula is C10H10O2Ti. The minimum atomic E-state index is -2.00. The Kier molecular flexibility index (Phi) is 7.07. The molecule has 0 radical (unpaired) electrons. The Morgan fingerprint density at radius 1 is 0.923 bits per heavy atom.